The van der Waals surface area contributed by atoms with Crippen LogP contribution in [0.4, 0.5) is 0 Å². The summed E-state index contributed by atoms with van der Waals surface area (Å²) >= 11 is 3.84. The highest BCUT2D eigenvalue weighted by atomic mass is 127. The van der Waals surface area contributed by atoms with Crippen LogP contribution in [0.15, 0.2) is 41.8 Å². The van der Waals surface area contributed by atoms with Crippen molar-refractivity contribution in [3.05, 3.63) is 55.8 Å². The minimum Gasteiger partial charge on any atom is -0.341 e. The van der Waals surface area contributed by atoms with Gasteiger partial charge in [0.15, 0.2) is 0 Å². The summed E-state index contributed by atoms with van der Waals surface area (Å²) in [5.41, 5.74) is 2.05. The topological polar surface area (TPSA) is 20.3 Å². The summed E-state index contributed by atoms with van der Waals surface area (Å²) in [6, 6.07) is 12.2. The van der Waals surface area contributed by atoms with Gasteiger partial charge in [-0.25, -0.2) is 0 Å². The smallest absolute Gasteiger partial charge is 0.254 e. The zero-order chi connectivity index (χ0) is 13.0. The molecule has 94 valence electrons. The Balaban J connectivity index is 1.92. The summed E-state index contributed by atoms with van der Waals surface area (Å²) in [5.74, 6) is 0.102. The fourth-order valence-corrected chi connectivity index (χ4v) is 3.01. The molecule has 0 spiro atoms. The summed E-state index contributed by atoms with van der Waals surface area (Å²) in [5, 5.41) is 1.92. The van der Waals surface area contributed by atoms with Crippen LogP contribution in [-0.2, 0) is 6.42 Å². The quantitative estimate of drug-likeness (QED) is 0.752. The molecule has 4 heteroatoms. The number of carbonyl (C=O) groups is 1. The molecule has 0 aliphatic rings. The third-order valence-electron chi connectivity index (χ3n) is 2.74. The molecule has 0 atom stereocenters. The fraction of sp³-hybridized carbons (Fsp3) is 0.214. The van der Waals surface area contributed by atoms with Crippen molar-refractivity contribution in [1.82, 2.24) is 4.90 Å². The van der Waals surface area contributed by atoms with Crippen LogP contribution in [0.25, 0.3) is 0 Å². The highest BCUT2D eigenvalue weighted by Crippen LogP contribution is 2.17. The molecule has 0 fully saturated rings. The lowest BCUT2D eigenvalue weighted by Crippen LogP contribution is -2.28. The average molecular weight is 371 g/mol. The van der Waals surface area contributed by atoms with Gasteiger partial charge in [0, 0.05) is 19.0 Å². The van der Waals surface area contributed by atoms with Crippen molar-refractivity contribution in [2.75, 3.05) is 13.6 Å². The highest BCUT2D eigenvalue weighted by molar-refractivity contribution is 14.1. The van der Waals surface area contributed by atoms with Gasteiger partial charge < -0.3 is 4.90 Å². The monoisotopic (exact) mass is 371 g/mol. The summed E-state index contributed by atoms with van der Waals surface area (Å²) in [6.07, 6.45) is 0.893. The first-order valence-corrected chi connectivity index (χ1v) is 7.66. The van der Waals surface area contributed by atoms with E-state index in [1.807, 2.05) is 36.7 Å². The third-order valence-corrected chi connectivity index (χ3v) is 4.53. The maximum atomic E-state index is 12.1. The van der Waals surface area contributed by atoms with E-state index in [0.29, 0.717) is 0 Å². The average Bonchev–Trinajstić information content (AvgIpc) is 2.83. The molecule has 0 saturated carbocycles. The van der Waals surface area contributed by atoms with Gasteiger partial charge in [0.25, 0.3) is 5.91 Å². The molecule has 0 unspecified atom stereocenters. The zero-order valence-electron chi connectivity index (χ0n) is 10.1. The van der Waals surface area contributed by atoms with Crippen molar-refractivity contribution in [3.8, 4) is 0 Å². The Morgan fingerprint density at radius 3 is 2.67 bits per heavy atom. The van der Waals surface area contributed by atoms with Gasteiger partial charge in [-0.05, 0) is 40.6 Å². The molecule has 0 aliphatic carbocycles. The van der Waals surface area contributed by atoms with E-state index in [0.717, 1.165) is 21.4 Å². The van der Waals surface area contributed by atoms with E-state index in [2.05, 4.69) is 34.7 Å². The predicted molar refractivity (Wildman–Crippen MR) is 84.1 cm³/mol. The molecule has 0 aliphatic heterocycles. The highest BCUT2D eigenvalue weighted by Gasteiger charge is 2.12. The molecule has 0 radical (unpaired) electrons. The normalized spacial score (nSPS) is 10.3. The van der Waals surface area contributed by atoms with Gasteiger partial charge in [0.05, 0.1) is 8.45 Å². The number of amides is 1. The van der Waals surface area contributed by atoms with E-state index < -0.39 is 0 Å². The minimum atomic E-state index is 0.102. The fourth-order valence-electron chi connectivity index (χ4n) is 1.69. The number of rotatable bonds is 4. The summed E-state index contributed by atoms with van der Waals surface area (Å²) in [7, 11) is 1.86. The van der Waals surface area contributed by atoms with E-state index in [1.165, 1.54) is 5.56 Å². The SMILES string of the molecule is CN(CCc1ccccc1)C(=O)c1csc(I)c1. The van der Waals surface area contributed by atoms with Crippen molar-refractivity contribution in [2.45, 2.75) is 6.42 Å². The summed E-state index contributed by atoms with van der Waals surface area (Å²) in [6.45, 7) is 0.745. The molecule has 1 heterocycles. The van der Waals surface area contributed by atoms with Crippen molar-refractivity contribution >= 4 is 39.8 Å². The first-order chi connectivity index (χ1) is 8.66. The third kappa shape index (κ3) is 3.55. The molecular formula is C14H14INOS. The lowest BCUT2D eigenvalue weighted by Gasteiger charge is -2.16. The molecular weight excluding hydrogens is 357 g/mol. The zero-order valence-corrected chi connectivity index (χ0v) is 13.1. The van der Waals surface area contributed by atoms with Crippen LogP contribution >= 0.6 is 33.9 Å². The first-order valence-electron chi connectivity index (χ1n) is 5.70. The van der Waals surface area contributed by atoms with E-state index >= 15 is 0 Å². The molecule has 1 aromatic heterocycles. The maximum absolute atomic E-state index is 12.1. The Morgan fingerprint density at radius 1 is 1.33 bits per heavy atom. The van der Waals surface area contributed by atoms with E-state index in [1.54, 1.807) is 16.2 Å². The number of benzene rings is 1. The Kier molecular flexibility index (Phi) is 4.77. The number of hydrogen-bond donors (Lipinski definition) is 0. The molecule has 1 amide bonds. The van der Waals surface area contributed by atoms with Crippen LogP contribution < -0.4 is 0 Å². The van der Waals surface area contributed by atoms with E-state index in [4.69, 9.17) is 0 Å². The second-order valence-electron chi connectivity index (χ2n) is 4.10. The molecule has 1 aromatic carbocycles. The van der Waals surface area contributed by atoms with Crippen LogP contribution in [0.1, 0.15) is 15.9 Å². The molecule has 2 rings (SSSR count). The Bertz CT molecular complexity index is 524. The van der Waals surface area contributed by atoms with Crippen molar-refractivity contribution in [2.24, 2.45) is 0 Å². The summed E-state index contributed by atoms with van der Waals surface area (Å²) in [4.78, 5) is 13.9. The maximum Gasteiger partial charge on any atom is 0.254 e. The lowest BCUT2D eigenvalue weighted by atomic mass is 10.1. The van der Waals surface area contributed by atoms with Gasteiger partial charge in [-0.1, -0.05) is 30.3 Å². The molecule has 2 aromatic rings. The van der Waals surface area contributed by atoms with Crippen molar-refractivity contribution < 1.29 is 4.79 Å². The van der Waals surface area contributed by atoms with E-state index in [9.17, 15) is 4.79 Å². The largest absolute Gasteiger partial charge is 0.341 e. The molecule has 0 bridgehead atoms. The second kappa shape index (κ2) is 6.33. The molecule has 0 N–H and O–H groups in total. The number of thiophene rings is 1. The van der Waals surface area contributed by atoms with Crippen LogP contribution in [0, 0.1) is 2.88 Å². The van der Waals surface area contributed by atoms with Gasteiger partial charge in [0.2, 0.25) is 0 Å². The van der Waals surface area contributed by atoms with Gasteiger partial charge in [-0.2, -0.15) is 0 Å². The van der Waals surface area contributed by atoms with Gasteiger partial charge in [-0.3, -0.25) is 4.79 Å². The first kappa shape index (κ1) is 13.5. The van der Waals surface area contributed by atoms with Crippen LogP contribution in [-0.4, -0.2) is 24.4 Å². The van der Waals surface area contributed by atoms with Crippen LogP contribution in [0.2, 0.25) is 0 Å². The minimum absolute atomic E-state index is 0.102. The Hall–Kier alpha value is -0.880. The lowest BCUT2D eigenvalue weighted by molar-refractivity contribution is 0.0797. The van der Waals surface area contributed by atoms with Gasteiger partial charge in [0.1, 0.15) is 0 Å². The number of hydrogen-bond acceptors (Lipinski definition) is 2. The van der Waals surface area contributed by atoms with E-state index in [-0.39, 0.29) is 5.91 Å². The second-order valence-corrected chi connectivity index (χ2v) is 6.91. The van der Waals surface area contributed by atoms with Crippen LogP contribution in [0.5, 0.6) is 0 Å². The molecule has 0 saturated heterocycles. The van der Waals surface area contributed by atoms with Gasteiger partial charge >= 0.3 is 0 Å². The standard InChI is InChI=1S/C14H14INOS/c1-16(8-7-11-5-3-2-4-6-11)14(17)12-9-13(15)18-10-12/h2-6,9-10H,7-8H2,1H3. The van der Waals surface area contributed by atoms with Crippen LogP contribution in [0.3, 0.4) is 0 Å². The number of nitrogens with zero attached hydrogens (tertiary/aromatic N) is 1. The number of likely N-dealkylation sites (N-methyl/N-ethyl adjacent to an activating group) is 1. The van der Waals surface area contributed by atoms with Crippen molar-refractivity contribution in [1.29, 1.82) is 0 Å². The molecule has 18 heavy (non-hydrogen) atoms. The Morgan fingerprint density at radius 2 is 2.06 bits per heavy atom. The number of carbonyl (C=O) groups excluding carboxylic acids is 1. The van der Waals surface area contributed by atoms with Crippen molar-refractivity contribution in [3.63, 3.8) is 0 Å². The predicted octanol–water partition coefficient (Wildman–Crippen LogP) is 3.67. The Labute approximate surface area is 125 Å². The summed E-state index contributed by atoms with van der Waals surface area (Å²) < 4.78 is 1.15. The molecule has 2 nitrogen and oxygen atoms in total. The number of halogens is 1. The van der Waals surface area contributed by atoms with Gasteiger partial charge in [-0.15, -0.1) is 11.3 Å².